The van der Waals surface area contributed by atoms with Crippen molar-refractivity contribution >= 4 is 7.26 Å². The third-order valence-corrected chi connectivity index (χ3v) is 8.68. The van der Waals surface area contributed by atoms with Crippen molar-refractivity contribution in [3.63, 3.8) is 0 Å². The molecule has 18 heavy (non-hydrogen) atoms. The van der Waals surface area contributed by atoms with Crippen LogP contribution in [0, 0.1) is 0 Å². The summed E-state index contributed by atoms with van der Waals surface area (Å²) in [7, 11) is -0.718. The van der Waals surface area contributed by atoms with Gasteiger partial charge in [-0.3, -0.25) is 0 Å². The Morgan fingerprint density at radius 1 is 0.778 bits per heavy atom. The number of halogens is 1. The minimum Gasteiger partial charge on any atom is -1.00 e. The molecule has 1 rings (SSSR count). The summed E-state index contributed by atoms with van der Waals surface area (Å²) < 4.78 is 0. The SMILES string of the molecule is CCC[P+](CCC)(CCC)Cc1ccccc1.[Cl-]. The quantitative estimate of drug-likeness (QED) is 0.644. The Hall–Kier alpha value is -0.0600. The Morgan fingerprint density at radius 3 is 1.61 bits per heavy atom. The summed E-state index contributed by atoms with van der Waals surface area (Å²) in [4.78, 5) is 0. The second kappa shape index (κ2) is 9.82. The molecule has 0 atom stereocenters. The van der Waals surface area contributed by atoms with E-state index in [4.69, 9.17) is 0 Å². The first-order chi connectivity index (χ1) is 8.26. The zero-order valence-electron chi connectivity index (χ0n) is 12.2. The molecule has 0 spiro atoms. The van der Waals surface area contributed by atoms with E-state index < -0.39 is 7.26 Å². The summed E-state index contributed by atoms with van der Waals surface area (Å²) in [6.45, 7) is 7.06. The lowest BCUT2D eigenvalue weighted by atomic mass is 10.2. The largest absolute Gasteiger partial charge is 1.00 e. The molecule has 0 aliphatic heterocycles. The van der Waals surface area contributed by atoms with Gasteiger partial charge in [-0.15, -0.1) is 0 Å². The van der Waals surface area contributed by atoms with Crippen LogP contribution in [0.25, 0.3) is 0 Å². The molecule has 0 bridgehead atoms. The third kappa shape index (κ3) is 5.72. The van der Waals surface area contributed by atoms with Crippen LogP contribution in [0.15, 0.2) is 30.3 Å². The van der Waals surface area contributed by atoms with Crippen molar-refractivity contribution in [3.8, 4) is 0 Å². The van der Waals surface area contributed by atoms with Gasteiger partial charge >= 0.3 is 0 Å². The Balaban J connectivity index is 0.00000289. The standard InChI is InChI=1S/C16H28P.ClH/c1-4-12-17(13-5-2,14-6-3)15-16-10-8-7-9-11-16;/h7-11H,4-6,12-15H2,1-3H3;1H/q+1;/p-1. The van der Waals surface area contributed by atoms with Crippen molar-refractivity contribution < 1.29 is 12.4 Å². The van der Waals surface area contributed by atoms with Crippen LogP contribution >= 0.6 is 7.26 Å². The van der Waals surface area contributed by atoms with Crippen LogP contribution in [0.3, 0.4) is 0 Å². The van der Waals surface area contributed by atoms with Gasteiger partial charge in [-0.25, -0.2) is 0 Å². The monoisotopic (exact) mass is 286 g/mol. The topological polar surface area (TPSA) is 0 Å². The number of hydrogen-bond acceptors (Lipinski definition) is 0. The van der Waals surface area contributed by atoms with Crippen LogP contribution < -0.4 is 12.4 Å². The van der Waals surface area contributed by atoms with Crippen molar-refractivity contribution in [2.75, 3.05) is 18.5 Å². The zero-order valence-corrected chi connectivity index (χ0v) is 13.8. The second-order valence-electron chi connectivity index (χ2n) is 5.16. The molecule has 0 aromatic heterocycles. The molecule has 0 unspecified atom stereocenters. The average Bonchev–Trinajstić information content (AvgIpc) is 2.31. The van der Waals surface area contributed by atoms with E-state index in [1.54, 1.807) is 5.56 Å². The lowest BCUT2D eigenvalue weighted by Gasteiger charge is -2.27. The maximum atomic E-state index is 2.35. The van der Waals surface area contributed by atoms with Gasteiger partial charge in [0.15, 0.2) is 0 Å². The predicted octanol–water partition coefficient (Wildman–Crippen LogP) is 2.44. The van der Waals surface area contributed by atoms with Gasteiger partial charge in [-0.05, 0) is 24.8 Å². The highest BCUT2D eigenvalue weighted by atomic mass is 35.5. The van der Waals surface area contributed by atoms with Crippen LogP contribution in [0.4, 0.5) is 0 Å². The maximum Gasteiger partial charge on any atom is 0.0842 e. The van der Waals surface area contributed by atoms with Crippen LogP contribution in [-0.2, 0) is 6.16 Å². The molecule has 1 aromatic carbocycles. The third-order valence-electron chi connectivity index (χ3n) is 3.45. The summed E-state index contributed by atoms with van der Waals surface area (Å²) >= 11 is 0. The van der Waals surface area contributed by atoms with E-state index in [0.29, 0.717) is 0 Å². The van der Waals surface area contributed by atoms with Gasteiger partial charge in [-0.2, -0.15) is 0 Å². The molecular formula is C16H28ClP. The smallest absolute Gasteiger partial charge is 0.0842 e. The van der Waals surface area contributed by atoms with E-state index in [2.05, 4.69) is 51.1 Å². The Labute approximate surface area is 120 Å². The molecule has 0 radical (unpaired) electrons. The summed E-state index contributed by atoms with van der Waals surface area (Å²) in [6.07, 6.45) is 9.93. The van der Waals surface area contributed by atoms with E-state index in [1.807, 2.05) is 0 Å². The Morgan fingerprint density at radius 2 is 1.22 bits per heavy atom. The highest BCUT2D eigenvalue weighted by Gasteiger charge is 2.34. The minimum atomic E-state index is -0.718. The molecule has 0 amide bonds. The number of hydrogen-bond donors (Lipinski definition) is 0. The fourth-order valence-corrected chi connectivity index (χ4v) is 7.94. The van der Waals surface area contributed by atoms with Crippen molar-refractivity contribution in [2.24, 2.45) is 0 Å². The minimum absolute atomic E-state index is 0. The summed E-state index contributed by atoms with van der Waals surface area (Å²) in [5.41, 5.74) is 1.57. The number of benzene rings is 1. The van der Waals surface area contributed by atoms with Crippen LogP contribution in [0.2, 0.25) is 0 Å². The van der Waals surface area contributed by atoms with E-state index in [0.717, 1.165) is 0 Å². The molecule has 0 aliphatic carbocycles. The highest BCUT2D eigenvalue weighted by molar-refractivity contribution is 7.75. The molecule has 0 N–H and O–H groups in total. The molecule has 2 heteroatoms. The molecule has 0 heterocycles. The first-order valence-corrected chi connectivity index (χ1v) is 9.68. The lowest BCUT2D eigenvalue weighted by molar-refractivity contribution is -0.00000389. The van der Waals surface area contributed by atoms with Gasteiger partial charge in [-0.1, -0.05) is 51.1 Å². The van der Waals surface area contributed by atoms with E-state index in [1.165, 1.54) is 43.9 Å². The van der Waals surface area contributed by atoms with E-state index in [9.17, 15) is 0 Å². The van der Waals surface area contributed by atoms with Crippen molar-refractivity contribution in [1.82, 2.24) is 0 Å². The molecule has 104 valence electrons. The molecule has 0 saturated carbocycles. The average molecular weight is 287 g/mol. The fourth-order valence-electron chi connectivity index (χ4n) is 2.97. The van der Waals surface area contributed by atoms with Crippen LogP contribution in [0.1, 0.15) is 45.6 Å². The van der Waals surface area contributed by atoms with Gasteiger partial charge in [0.1, 0.15) is 0 Å². The first-order valence-electron chi connectivity index (χ1n) is 7.15. The predicted molar refractivity (Wildman–Crippen MR) is 82.5 cm³/mol. The van der Waals surface area contributed by atoms with Gasteiger partial charge in [0.25, 0.3) is 0 Å². The van der Waals surface area contributed by atoms with Gasteiger partial charge in [0.2, 0.25) is 0 Å². The van der Waals surface area contributed by atoms with Crippen molar-refractivity contribution in [2.45, 2.75) is 46.2 Å². The highest BCUT2D eigenvalue weighted by Crippen LogP contribution is 2.62. The number of rotatable bonds is 8. The first kappa shape index (κ1) is 17.9. The van der Waals surface area contributed by atoms with Gasteiger partial charge in [0, 0.05) is 7.26 Å². The van der Waals surface area contributed by atoms with Crippen molar-refractivity contribution in [3.05, 3.63) is 35.9 Å². The fraction of sp³-hybridized carbons (Fsp3) is 0.625. The molecule has 0 nitrogen and oxygen atoms in total. The molecule has 0 fully saturated rings. The van der Waals surface area contributed by atoms with E-state index in [-0.39, 0.29) is 12.4 Å². The molecule has 0 aliphatic rings. The molecule has 0 saturated heterocycles. The Bertz CT molecular complexity index is 280. The summed E-state index contributed by atoms with van der Waals surface area (Å²) in [5, 5.41) is 0. The van der Waals surface area contributed by atoms with Gasteiger partial charge in [0.05, 0.1) is 24.6 Å². The van der Waals surface area contributed by atoms with Gasteiger partial charge < -0.3 is 12.4 Å². The maximum absolute atomic E-state index is 2.35. The van der Waals surface area contributed by atoms with E-state index >= 15 is 0 Å². The van der Waals surface area contributed by atoms with Crippen LogP contribution in [-0.4, -0.2) is 18.5 Å². The van der Waals surface area contributed by atoms with Crippen LogP contribution in [0.5, 0.6) is 0 Å². The summed E-state index contributed by atoms with van der Waals surface area (Å²) in [6, 6.07) is 11.1. The lowest BCUT2D eigenvalue weighted by Crippen LogP contribution is -3.00. The second-order valence-corrected chi connectivity index (χ2v) is 9.50. The molecular weight excluding hydrogens is 259 g/mol. The van der Waals surface area contributed by atoms with Crippen molar-refractivity contribution in [1.29, 1.82) is 0 Å². The normalized spacial score (nSPS) is 11.1. The summed E-state index contributed by atoms with van der Waals surface area (Å²) in [5.74, 6) is 0. The molecule has 1 aromatic rings. The zero-order chi connectivity index (χ0) is 12.6. The Kier molecular flexibility index (Phi) is 9.78.